The molecule has 0 bridgehead atoms. The van der Waals surface area contributed by atoms with Gasteiger partial charge < -0.3 is 15.4 Å². The topological polar surface area (TPSA) is 84.5 Å². The summed E-state index contributed by atoms with van der Waals surface area (Å²) in [4.78, 5) is 37.9. The number of carbonyl (C=O) groups is 3. The Morgan fingerprint density at radius 2 is 1.67 bits per heavy atom. The van der Waals surface area contributed by atoms with Crippen LogP contribution in [0.3, 0.4) is 0 Å². The second-order valence-corrected chi connectivity index (χ2v) is 7.56. The van der Waals surface area contributed by atoms with Crippen molar-refractivity contribution >= 4 is 39.8 Å². The summed E-state index contributed by atoms with van der Waals surface area (Å²) in [5, 5.41) is 5.60. The van der Waals surface area contributed by atoms with Crippen LogP contribution in [-0.2, 0) is 4.74 Å². The average molecular weight is 426 g/mol. The van der Waals surface area contributed by atoms with Crippen LogP contribution < -0.4 is 10.6 Å². The van der Waals surface area contributed by atoms with Gasteiger partial charge in [-0.3, -0.25) is 9.59 Å². The number of benzene rings is 2. The lowest BCUT2D eigenvalue weighted by molar-refractivity contribution is 0.0601. The molecule has 2 N–H and O–H groups in total. The van der Waals surface area contributed by atoms with Crippen molar-refractivity contribution in [3.05, 3.63) is 81.5 Å². The van der Waals surface area contributed by atoms with Crippen molar-refractivity contribution in [2.24, 2.45) is 0 Å². The quantitative estimate of drug-likeness (QED) is 0.574. The number of methoxy groups -OCH3 is 1. The summed E-state index contributed by atoms with van der Waals surface area (Å²) in [6.07, 6.45) is 0. The van der Waals surface area contributed by atoms with Gasteiger partial charge in [0.15, 0.2) is 0 Å². The van der Waals surface area contributed by atoms with Crippen LogP contribution in [0.25, 0.3) is 0 Å². The summed E-state index contributed by atoms with van der Waals surface area (Å²) in [6, 6.07) is 12.3. The third kappa shape index (κ3) is 4.55. The van der Waals surface area contributed by atoms with Gasteiger partial charge in [-0.15, -0.1) is 11.3 Å². The third-order valence-electron chi connectivity index (χ3n) is 4.35. The molecular formula is C22H19FN2O4S. The second-order valence-electron chi connectivity index (χ2n) is 6.54. The molecule has 0 unspecified atom stereocenters. The molecule has 0 spiro atoms. The minimum Gasteiger partial charge on any atom is -0.465 e. The van der Waals surface area contributed by atoms with E-state index in [0.29, 0.717) is 11.3 Å². The molecule has 1 aromatic heterocycles. The van der Waals surface area contributed by atoms with Crippen molar-refractivity contribution in [1.82, 2.24) is 0 Å². The van der Waals surface area contributed by atoms with Crippen LogP contribution in [-0.4, -0.2) is 24.9 Å². The van der Waals surface area contributed by atoms with Crippen molar-refractivity contribution in [1.29, 1.82) is 0 Å². The van der Waals surface area contributed by atoms with Crippen LogP contribution in [0, 0.1) is 19.7 Å². The van der Waals surface area contributed by atoms with Crippen molar-refractivity contribution in [2.75, 3.05) is 17.7 Å². The normalized spacial score (nSPS) is 10.4. The summed E-state index contributed by atoms with van der Waals surface area (Å²) in [6.45, 7) is 3.52. The highest BCUT2D eigenvalue weighted by atomic mass is 32.1. The van der Waals surface area contributed by atoms with Crippen molar-refractivity contribution < 1.29 is 23.5 Å². The molecule has 0 saturated carbocycles. The second kappa shape index (κ2) is 8.87. The van der Waals surface area contributed by atoms with E-state index in [4.69, 9.17) is 4.74 Å². The molecule has 0 fully saturated rings. The van der Waals surface area contributed by atoms with E-state index in [2.05, 4.69) is 10.6 Å². The average Bonchev–Trinajstić information content (AvgIpc) is 3.03. The van der Waals surface area contributed by atoms with Crippen molar-refractivity contribution in [3.63, 3.8) is 0 Å². The molecule has 2 amide bonds. The predicted molar refractivity (Wildman–Crippen MR) is 114 cm³/mol. The zero-order valence-corrected chi connectivity index (χ0v) is 17.4. The van der Waals surface area contributed by atoms with Gasteiger partial charge in [0, 0.05) is 11.3 Å². The highest BCUT2D eigenvalue weighted by Crippen LogP contribution is 2.34. The van der Waals surface area contributed by atoms with E-state index in [9.17, 15) is 18.8 Å². The van der Waals surface area contributed by atoms with E-state index < -0.39 is 23.6 Å². The minimum atomic E-state index is -0.673. The summed E-state index contributed by atoms with van der Waals surface area (Å²) in [5.74, 6) is -2.08. The number of halogens is 1. The SMILES string of the molecule is COC(=O)c1c(NC(=O)c2ccc(F)cc2)sc(C(=O)Nc2cccc(C)c2)c1C. The number of rotatable bonds is 5. The Hall–Kier alpha value is -3.52. The van der Waals surface area contributed by atoms with Gasteiger partial charge in [0.25, 0.3) is 11.8 Å². The molecule has 0 saturated heterocycles. The van der Waals surface area contributed by atoms with Crippen molar-refractivity contribution in [3.8, 4) is 0 Å². The van der Waals surface area contributed by atoms with Gasteiger partial charge in [-0.25, -0.2) is 9.18 Å². The summed E-state index contributed by atoms with van der Waals surface area (Å²) >= 11 is 0.969. The highest BCUT2D eigenvalue weighted by Gasteiger charge is 2.26. The summed E-state index contributed by atoms with van der Waals surface area (Å²) in [7, 11) is 1.22. The van der Waals surface area contributed by atoms with E-state index in [1.807, 2.05) is 25.1 Å². The Morgan fingerprint density at radius 3 is 2.30 bits per heavy atom. The van der Waals surface area contributed by atoms with E-state index >= 15 is 0 Å². The maximum atomic E-state index is 13.1. The molecule has 2 aromatic carbocycles. The molecule has 0 aliphatic heterocycles. The van der Waals surface area contributed by atoms with Gasteiger partial charge in [0.2, 0.25) is 0 Å². The summed E-state index contributed by atoms with van der Waals surface area (Å²) < 4.78 is 17.9. The van der Waals surface area contributed by atoms with Gasteiger partial charge in [-0.1, -0.05) is 12.1 Å². The molecule has 3 rings (SSSR count). The molecule has 0 aliphatic rings. The first-order valence-corrected chi connectivity index (χ1v) is 9.78. The first kappa shape index (κ1) is 21.2. The van der Waals surface area contributed by atoms with E-state index in [-0.39, 0.29) is 21.0 Å². The Bertz CT molecular complexity index is 1120. The van der Waals surface area contributed by atoms with Gasteiger partial charge in [0.05, 0.1) is 17.6 Å². The van der Waals surface area contributed by atoms with Gasteiger partial charge in [-0.2, -0.15) is 0 Å². The number of ether oxygens (including phenoxy) is 1. The molecule has 154 valence electrons. The number of amides is 2. The lowest BCUT2D eigenvalue weighted by Crippen LogP contribution is -2.14. The highest BCUT2D eigenvalue weighted by molar-refractivity contribution is 7.19. The Kier molecular flexibility index (Phi) is 6.27. The van der Waals surface area contributed by atoms with Crippen LogP contribution in [0.5, 0.6) is 0 Å². The molecule has 1 heterocycles. The monoisotopic (exact) mass is 426 g/mol. The molecule has 8 heteroatoms. The first-order chi connectivity index (χ1) is 14.3. The number of hydrogen-bond donors (Lipinski definition) is 2. The number of hydrogen-bond acceptors (Lipinski definition) is 5. The molecule has 3 aromatic rings. The minimum absolute atomic E-state index is 0.104. The van der Waals surface area contributed by atoms with E-state index in [0.717, 1.165) is 29.0 Å². The van der Waals surface area contributed by atoms with E-state index in [1.165, 1.54) is 19.2 Å². The lowest BCUT2D eigenvalue weighted by atomic mass is 10.1. The van der Waals surface area contributed by atoms with Gasteiger partial charge in [-0.05, 0) is 61.4 Å². The zero-order chi connectivity index (χ0) is 21.8. The fourth-order valence-corrected chi connectivity index (χ4v) is 3.94. The number of aryl methyl sites for hydroxylation is 1. The third-order valence-corrected chi connectivity index (χ3v) is 5.56. The lowest BCUT2D eigenvalue weighted by Gasteiger charge is -2.06. The number of anilines is 2. The van der Waals surface area contributed by atoms with Gasteiger partial charge in [0.1, 0.15) is 10.8 Å². The smallest absolute Gasteiger partial charge is 0.341 e. The molecular weight excluding hydrogens is 407 g/mol. The van der Waals surface area contributed by atoms with Crippen molar-refractivity contribution in [2.45, 2.75) is 13.8 Å². The molecule has 0 atom stereocenters. The predicted octanol–water partition coefficient (Wildman–Crippen LogP) is 4.80. The van der Waals surface area contributed by atoms with Crippen LogP contribution in [0.4, 0.5) is 15.1 Å². The number of nitrogens with one attached hydrogen (secondary N) is 2. The fourth-order valence-electron chi connectivity index (χ4n) is 2.85. The number of esters is 1. The van der Waals surface area contributed by atoms with Gasteiger partial charge >= 0.3 is 5.97 Å². The maximum absolute atomic E-state index is 13.1. The molecule has 0 aliphatic carbocycles. The number of thiophene rings is 1. The molecule has 30 heavy (non-hydrogen) atoms. The first-order valence-electron chi connectivity index (χ1n) is 8.96. The number of carbonyl (C=O) groups excluding carboxylic acids is 3. The zero-order valence-electron chi connectivity index (χ0n) is 16.5. The Labute approximate surface area is 176 Å². The van der Waals surface area contributed by atoms with E-state index in [1.54, 1.807) is 13.0 Å². The molecule has 0 radical (unpaired) electrons. The summed E-state index contributed by atoms with van der Waals surface area (Å²) in [5.41, 5.74) is 2.31. The van der Waals surface area contributed by atoms with Crippen LogP contribution in [0.15, 0.2) is 48.5 Å². The van der Waals surface area contributed by atoms with Crippen LogP contribution >= 0.6 is 11.3 Å². The van der Waals surface area contributed by atoms with Crippen LogP contribution in [0.2, 0.25) is 0 Å². The Balaban J connectivity index is 1.93. The Morgan fingerprint density at radius 1 is 0.967 bits per heavy atom. The van der Waals surface area contributed by atoms with Crippen LogP contribution in [0.1, 0.15) is 41.5 Å². The largest absolute Gasteiger partial charge is 0.465 e. The maximum Gasteiger partial charge on any atom is 0.341 e. The fraction of sp³-hybridized carbons (Fsp3) is 0.136. The molecule has 6 nitrogen and oxygen atoms in total. The standard InChI is InChI=1S/C22H19FN2O4S/c1-12-5-4-6-16(11-12)24-20(27)18-13(2)17(22(28)29-3)21(30-18)25-19(26)14-7-9-15(23)10-8-14/h4-11H,1-3H3,(H,24,27)(H,25,26).